The number of anilines is 2. The van der Waals surface area contributed by atoms with Crippen molar-refractivity contribution in [1.29, 1.82) is 5.26 Å². The van der Waals surface area contributed by atoms with Gasteiger partial charge >= 0.3 is 5.97 Å². The number of nitriles is 1. The molecule has 0 aliphatic carbocycles. The first-order valence-corrected chi connectivity index (χ1v) is 9.93. The quantitative estimate of drug-likeness (QED) is 0.734. The highest BCUT2D eigenvalue weighted by Gasteiger charge is 2.58. The Morgan fingerprint density at radius 2 is 2.06 bits per heavy atom. The molecule has 0 bridgehead atoms. The number of thiocarbonyl (C=S) groups is 1. The molecule has 0 radical (unpaired) electrons. The maximum atomic E-state index is 14.8. The van der Waals surface area contributed by atoms with Gasteiger partial charge in [0.05, 0.1) is 35.2 Å². The van der Waals surface area contributed by atoms with Crippen LogP contribution in [0.3, 0.4) is 0 Å². The minimum Gasteiger partial charge on any atom is -0.478 e. The van der Waals surface area contributed by atoms with Crippen molar-refractivity contribution < 1.29 is 23.8 Å². The van der Waals surface area contributed by atoms with Crippen LogP contribution in [0.5, 0.6) is 0 Å². The van der Waals surface area contributed by atoms with E-state index in [2.05, 4.69) is 6.07 Å². The molecule has 2 aliphatic rings. The maximum Gasteiger partial charge on any atom is 0.338 e. The smallest absolute Gasteiger partial charge is 0.338 e. The van der Waals surface area contributed by atoms with Crippen LogP contribution in [0.1, 0.15) is 33.5 Å². The van der Waals surface area contributed by atoms with Crippen LogP contribution in [-0.2, 0) is 9.53 Å². The first kappa shape index (κ1) is 20.9. The lowest BCUT2D eigenvalue weighted by Crippen LogP contribution is -2.51. The Bertz CT molecular complexity index is 1180. The van der Waals surface area contributed by atoms with E-state index in [4.69, 9.17) is 17.0 Å². The summed E-state index contributed by atoms with van der Waals surface area (Å²) >= 11 is 5.68. The summed E-state index contributed by atoms with van der Waals surface area (Å²) in [5.41, 5.74) is 0.479. The predicted octanol–water partition coefficient (Wildman–Crippen LogP) is 3.31. The van der Waals surface area contributed by atoms with Crippen molar-refractivity contribution in [2.75, 3.05) is 23.0 Å². The zero-order valence-corrected chi connectivity index (χ0v) is 17.6. The molecule has 1 spiro atoms. The van der Waals surface area contributed by atoms with Crippen LogP contribution in [0.15, 0.2) is 30.3 Å². The van der Waals surface area contributed by atoms with Crippen molar-refractivity contribution in [3.8, 4) is 6.07 Å². The minimum absolute atomic E-state index is 0.0689. The summed E-state index contributed by atoms with van der Waals surface area (Å²) < 4.78 is 20.4. The van der Waals surface area contributed by atoms with Crippen LogP contribution < -0.4 is 9.80 Å². The van der Waals surface area contributed by atoms with Gasteiger partial charge < -0.3 is 14.7 Å². The van der Waals surface area contributed by atoms with E-state index in [1.807, 2.05) is 0 Å². The fourth-order valence-corrected chi connectivity index (χ4v) is 4.59. The van der Waals surface area contributed by atoms with Crippen molar-refractivity contribution in [3.05, 3.63) is 58.4 Å². The molecule has 1 N–H and O–H groups in total. The molecule has 158 valence electrons. The van der Waals surface area contributed by atoms with Gasteiger partial charge in [-0.15, -0.1) is 0 Å². The molecule has 1 unspecified atom stereocenters. The summed E-state index contributed by atoms with van der Waals surface area (Å²) in [6.07, 6.45) is 0.347. The van der Waals surface area contributed by atoms with Gasteiger partial charge in [0, 0.05) is 18.6 Å². The van der Waals surface area contributed by atoms with E-state index in [0.29, 0.717) is 35.5 Å². The number of carboxylic acids is 1. The summed E-state index contributed by atoms with van der Waals surface area (Å²) in [5.74, 6) is -2.55. The number of ether oxygens (including phenoxy) is 1. The Morgan fingerprint density at radius 3 is 2.65 bits per heavy atom. The lowest BCUT2D eigenvalue weighted by atomic mass is 9.94. The van der Waals surface area contributed by atoms with E-state index in [1.54, 1.807) is 30.0 Å². The van der Waals surface area contributed by atoms with Crippen LogP contribution in [0, 0.1) is 31.0 Å². The molecule has 2 aliphatic heterocycles. The Hall–Kier alpha value is -3.35. The third-order valence-electron chi connectivity index (χ3n) is 5.83. The third kappa shape index (κ3) is 2.99. The minimum atomic E-state index is -1.37. The first-order valence-electron chi connectivity index (χ1n) is 9.52. The summed E-state index contributed by atoms with van der Waals surface area (Å²) in [4.78, 5) is 27.9. The molecule has 4 rings (SSSR count). The van der Waals surface area contributed by atoms with E-state index >= 15 is 0 Å². The number of benzene rings is 2. The van der Waals surface area contributed by atoms with Gasteiger partial charge in [0.2, 0.25) is 0 Å². The number of hydrogen-bond donors (Lipinski definition) is 1. The van der Waals surface area contributed by atoms with Gasteiger partial charge in [-0.2, -0.15) is 5.26 Å². The number of aryl methyl sites for hydroxylation is 1. The fraction of sp³-hybridized carbons (Fsp3) is 0.273. The number of rotatable bonds is 3. The average molecular weight is 439 g/mol. The Kier molecular flexibility index (Phi) is 5.00. The second-order valence-corrected chi connectivity index (χ2v) is 7.95. The highest BCUT2D eigenvalue weighted by molar-refractivity contribution is 7.81. The number of carbonyl (C=O) groups excluding carboxylic acids is 1. The lowest BCUT2D eigenvalue weighted by Gasteiger charge is -2.32. The largest absolute Gasteiger partial charge is 0.478 e. The van der Waals surface area contributed by atoms with Gasteiger partial charge in [0.1, 0.15) is 5.82 Å². The zero-order valence-electron chi connectivity index (χ0n) is 16.8. The molecule has 1 atom stereocenters. The predicted molar refractivity (Wildman–Crippen MR) is 115 cm³/mol. The number of aromatic carboxylic acids is 1. The number of hydrogen-bond acceptors (Lipinski definition) is 5. The van der Waals surface area contributed by atoms with Gasteiger partial charge in [0.15, 0.2) is 10.7 Å². The normalized spacial score (nSPS) is 20.6. The second-order valence-electron chi connectivity index (χ2n) is 7.58. The third-order valence-corrected chi connectivity index (χ3v) is 6.20. The number of amides is 1. The zero-order chi connectivity index (χ0) is 22.5. The number of nitrogens with zero attached hydrogens (tertiary/aromatic N) is 3. The lowest BCUT2D eigenvalue weighted by molar-refractivity contribution is -0.121. The van der Waals surface area contributed by atoms with Crippen molar-refractivity contribution >= 4 is 40.6 Å². The van der Waals surface area contributed by atoms with Gasteiger partial charge in [-0.05, 0) is 62.0 Å². The molecule has 2 aromatic carbocycles. The maximum absolute atomic E-state index is 14.8. The van der Waals surface area contributed by atoms with Crippen LogP contribution in [0.2, 0.25) is 0 Å². The van der Waals surface area contributed by atoms with Gasteiger partial charge in [-0.25, -0.2) is 9.18 Å². The van der Waals surface area contributed by atoms with E-state index in [-0.39, 0.29) is 23.2 Å². The van der Waals surface area contributed by atoms with E-state index in [1.165, 1.54) is 24.0 Å². The molecule has 0 saturated carbocycles. The van der Waals surface area contributed by atoms with Gasteiger partial charge in [-0.1, -0.05) is 0 Å². The fourth-order valence-electron chi connectivity index (χ4n) is 4.13. The second kappa shape index (κ2) is 7.41. The monoisotopic (exact) mass is 439 g/mol. The van der Waals surface area contributed by atoms with E-state index < -0.39 is 22.9 Å². The molecule has 1 amide bonds. The average Bonchev–Trinajstić information content (AvgIpc) is 3.29. The Balaban J connectivity index is 1.87. The molecular formula is C22H18FN3O4S. The SMILES string of the molecule is Cc1cc(N2C(=O)C3(CCOC3)N(c3ccc(C(=O)O)c(F)c3C)C2=S)ccc1C#N. The Morgan fingerprint density at radius 1 is 1.32 bits per heavy atom. The molecule has 31 heavy (non-hydrogen) atoms. The van der Waals surface area contributed by atoms with E-state index in [9.17, 15) is 24.3 Å². The van der Waals surface area contributed by atoms with Crippen molar-refractivity contribution in [2.24, 2.45) is 0 Å². The van der Waals surface area contributed by atoms with Crippen LogP contribution >= 0.6 is 12.2 Å². The van der Waals surface area contributed by atoms with Crippen molar-refractivity contribution in [2.45, 2.75) is 25.8 Å². The van der Waals surface area contributed by atoms with Crippen molar-refractivity contribution in [1.82, 2.24) is 0 Å². The summed E-state index contributed by atoms with van der Waals surface area (Å²) in [6, 6.07) is 9.70. The standard InChI is InChI=1S/C22H18FN3O4S/c1-12-9-15(4-3-14(12)10-24)25-20(29)22(7-8-30-11-22)26(21(25)31)17-6-5-16(19(27)28)18(23)13(17)2/h3-6,9H,7-8,11H2,1-2H3,(H,27,28). The molecule has 2 saturated heterocycles. The summed E-state index contributed by atoms with van der Waals surface area (Å²) in [5, 5.41) is 18.6. The van der Waals surface area contributed by atoms with Gasteiger partial charge in [0.25, 0.3) is 5.91 Å². The Labute approximate surface area is 183 Å². The molecule has 2 heterocycles. The highest BCUT2D eigenvalue weighted by Crippen LogP contribution is 2.43. The van der Waals surface area contributed by atoms with Crippen LogP contribution in [-0.4, -0.2) is 40.8 Å². The van der Waals surface area contributed by atoms with Crippen LogP contribution in [0.4, 0.5) is 15.8 Å². The molecular weight excluding hydrogens is 421 g/mol. The number of carboxylic acid groups (broad SMARTS) is 1. The molecule has 9 heteroatoms. The number of halogens is 1. The van der Waals surface area contributed by atoms with E-state index in [0.717, 1.165) is 0 Å². The highest BCUT2D eigenvalue weighted by atomic mass is 32.1. The topological polar surface area (TPSA) is 93.9 Å². The van der Waals surface area contributed by atoms with Crippen LogP contribution in [0.25, 0.3) is 0 Å². The molecule has 7 nitrogen and oxygen atoms in total. The molecule has 2 fully saturated rings. The van der Waals surface area contributed by atoms with Gasteiger partial charge in [-0.3, -0.25) is 9.69 Å². The summed E-state index contributed by atoms with van der Waals surface area (Å²) in [7, 11) is 0. The first-order chi connectivity index (χ1) is 14.7. The summed E-state index contributed by atoms with van der Waals surface area (Å²) in [6.45, 7) is 3.63. The number of carbonyl (C=O) groups is 2. The molecule has 2 aromatic rings. The molecule has 0 aromatic heterocycles. The van der Waals surface area contributed by atoms with Crippen molar-refractivity contribution in [3.63, 3.8) is 0 Å².